The summed E-state index contributed by atoms with van der Waals surface area (Å²) in [5.41, 5.74) is 6.09. The second-order valence-corrected chi connectivity index (χ2v) is 8.68. The molecule has 0 saturated carbocycles. The third kappa shape index (κ3) is 4.95. The number of aromatic nitrogens is 1. The highest BCUT2D eigenvalue weighted by molar-refractivity contribution is 9.10. The van der Waals surface area contributed by atoms with Gasteiger partial charge < -0.3 is 4.57 Å². The lowest BCUT2D eigenvalue weighted by molar-refractivity contribution is 0.684. The molecule has 0 N–H and O–H groups in total. The van der Waals surface area contributed by atoms with Crippen molar-refractivity contribution in [2.24, 2.45) is 4.99 Å². The van der Waals surface area contributed by atoms with Gasteiger partial charge in [0.25, 0.3) is 0 Å². The van der Waals surface area contributed by atoms with Crippen molar-refractivity contribution >= 4 is 33.0 Å². The molecule has 0 saturated heterocycles. The SMILES string of the molecule is CCc1ccc(N=c2scc(-c3ccc(Br)cc3)n2CCc2ccccc2)cc1. The van der Waals surface area contributed by atoms with Crippen molar-refractivity contribution in [2.45, 2.75) is 26.3 Å². The van der Waals surface area contributed by atoms with E-state index in [0.29, 0.717) is 0 Å². The average Bonchev–Trinajstić information content (AvgIpc) is 3.16. The fraction of sp³-hybridized carbons (Fsp3) is 0.160. The van der Waals surface area contributed by atoms with Crippen LogP contribution < -0.4 is 4.80 Å². The van der Waals surface area contributed by atoms with Crippen molar-refractivity contribution < 1.29 is 0 Å². The summed E-state index contributed by atoms with van der Waals surface area (Å²) < 4.78 is 3.43. The number of aryl methyl sites for hydroxylation is 2. The zero-order valence-electron chi connectivity index (χ0n) is 16.4. The second kappa shape index (κ2) is 9.38. The second-order valence-electron chi connectivity index (χ2n) is 6.93. The monoisotopic (exact) mass is 462 g/mol. The van der Waals surface area contributed by atoms with Gasteiger partial charge in [0.15, 0.2) is 4.80 Å². The molecule has 146 valence electrons. The topological polar surface area (TPSA) is 17.3 Å². The summed E-state index contributed by atoms with van der Waals surface area (Å²) >= 11 is 5.24. The van der Waals surface area contributed by atoms with Gasteiger partial charge in [-0.15, -0.1) is 11.3 Å². The van der Waals surface area contributed by atoms with Crippen molar-refractivity contribution in [3.63, 3.8) is 0 Å². The highest BCUT2D eigenvalue weighted by Gasteiger charge is 2.09. The highest BCUT2D eigenvalue weighted by Crippen LogP contribution is 2.23. The van der Waals surface area contributed by atoms with Crippen LogP contribution in [0.3, 0.4) is 0 Å². The predicted molar refractivity (Wildman–Crippen MR) is 127 cm³/mol. The molecule has 0 amide bonds. The van der Waals surface area contributed by atoms with E-state index in [4.69, 9.17) is 4.99 Å². The number of halogens is 1. The standard InChI is InChI=1S/C25H23BrN2S/c1-2-19-8-14-23(15-9-19)27-25-28(17-16-20-6-4-3-5-7-20)24(18-29-25)21-10-12-22(26)13-11-21/h3-15,18H,2,16-17H2,1H3. The molecule has 1 heterocycles. The lowest BCUT2D eigenvalue weighted by Gasteiger charge is -2.10. The van der Waals surface area contributed by atoms with Gasteiger partial charge in [0.05, 0.1) is 11.4 Å². The maximum atomic E-state index is 4.96. The Morgan fingerprint density at radius 2 is 1.59 bits per heavy atom. The highest BCUT2D eigenvalue weighted by atomic mass is 79.9. The lowest BCUT2D eigenvalue weighted by atomic mass is 10.1. The van der Waals surface area contributed by atoms with Crippen LogP contribution in [0, 0.1) is 0 Å². The van der Waals surface area contributed by atoms with Gasteiger partial charge in [-0.1, -0.05) is 77.5 Å². The first-order valence-corrected chi connectivity index (χ1v) is 11.5. The maximum Gasteiger partial charge on any atom is 0.190 e. The van der Waals surface area contributed by atoms with Crippen LogP contribution in [0.1, 0.15) is 18.1 Å². The molecule has 4 aromatic rings. The quantitative estimate of drug-likeness (QED) is 0.293. The van der Waals surface area contributed by atoms with Crippen LogP contribution in [0.25, 0.3) is 11.3 Å². The van der Waals surface area contributed by atoms with E-state index in [-0.39, 0.29) is 0 Å². The van der Waals surface area contributed by atoms with Gasteiger partial charge in [-0.25, -0.2) is 4.99 Å². The van der Waals surface area contributed by atoms with Crippen LogP contribution in [0.15, 0.2) is 93.7 Å². The van der Waals surface area contributed by atoms with E-state index in [9.17, 15) is 0 Å². The molecule has 0 aliphatic heterocycles. The molecule has 0 unspecified atom stereocenters. The van der Waals surface area contributed by atoms with E-state index >= 15 is 0 Å². The average molecular weight is 463 g/mol. The Hall–Kier alpha value is -2.43. The summed E-state index contributed by atoms with van der Waals surface area (Å²) in [7, 11) is 0. The van der Waals surface area contributed by atoms with E-state index in [1.807, 2.05) is 0 Å². The van der Waals surface area contributed by atoms with Gasteiger partial charge in [0.1, 0.15) is 0 Å². The molecule has 0 spiro atoms. The number of hydrogen-bond acceptors (Lipinski definition) is 2. The van der Waals surface area contributed by atoms with Crippen molar-refractivity contribution in [3.05, 3.63) is 105 Å². The molecule has 29 heavy (non-hydrogen) atoms. The van der Waals surface area contributed by atoms with Gasteiger partial charge in [-0.2, -0.15) is 0 Å². The molecule has 0 atom stereocenters. The molecule has 0 aliphatic carbocycles. The van der Waals surface area contributed by atoms with E-state index in [1.54, 1.807) is 11.3 Å². The van der Waals surface area contributed by atoms with Crippen LogP contribution in [0.5, 0.6) is 0 Å². The molecule has 0 bridgehead atoms. The van der Waals surface area contributed by atoms with Crippen LogP contribution in [-0.2, 0) is 19.4 Å². The van der Waals surface area contributed by atoms with Gasteiger partial charge in [0.2, 0.25) is 0 Å². The van der Waals surface area contributed by atoms with Crippen LogP contribution >= 0.6 is 27.3 Å². The predicted octanol–water partition coefficient (Wildman–Crippen LogP) is 7.02. The Balaban J connectivity index is 1.73. The molecular formula is C25H23BrN2S. The zero-order valence-corrected chi connectivity index (χ0v) is 18.8. The van der Waals surface area contributed by atoms with Crippen molar-refractivity contribution in [3.8, 4) is 11.3 Å². The van der Waals surface area contributed by atoms with E-state index in [1.165, 1.54) is 22.4 Å². The molecule has 4 heteroatoms. The Bertz CT molecular complexity index is 1120. The van der Waals surface area contributed by atoms with Gasteiger partial charge >= 0.3 is 0 Å². The fourth-order valence-corrected chi connectivity index (χ4v) is 4.51. The summed E-state index contributed by atoms with van der Waals surface area (Å²) in [6.45, 7) is 3.07. The number of rotatable bonds is 6. The zero-order chi connectivity index (χ0) is 20.1. The first-order chi connectivity index (χ1) is 14.2. The smallest absolute Gasteiger partial charge is 0.190 e. The Morgan fingerprint density at radius 1 is 0.862 bits per heavy atom. The van der Waals surface area contributed by atoms with Crippen molar-refractivity contribution in [1.82, 2.24) is 4.57 Å². The fourth-order valence-electron chi connectivity index (χ4n) is 3.29. The largest absolute Gasteiger partial charge is 0.316 e. The molecule has 0 radical (unpaired) electrons. The van der Waals surface area contributed by atoms with E-state index in [0.717, 1.165) is 34.3 Å². The van der Waals surface area contributed by atoms with Crippen molar-refractivity contribution in [2.75, 3.05) is 0 Å². The molecule has 1 aromatic heterocycles. The molecule has 0 fully saturated rings. The first kappa shape index (κ1) is 19.9. The first-order valence-electron chi connectivity index (χ1n) is 9.85. The Morgan fingerprint density at radius 3 is 2.28 bits per heavy atom. The summed E-state index contributed by atoms with van der Waals surface area (Å²) in [4.78, 5) is 6.00. The minimum Gasteiger partial charge on any atom is -0.316 e. The normalized spacial score (nSPS) is 11.7. The lowest BCUT2D eigenvalue weighted by Crippen LogP contribution is -2.17. The third-order valence-corrected chi connectivity index (χ3v) is 6.37. The Kier molecular flexibility index (Phi) is 6.43. The van der Waals surface area contributed by atoms with Crippen LogP contribution in [0.4, 0.5) is 5.69 Å². The summed E-state index contributed by atoms with van der Waals surface area (Å²) in [5, 5.41) is 2.22. The van der Waals surface area contributed by atoms with Gasteiger partial charge in [-0.3, -0.25) is 0 Å². The molecule has 4 rings (SSSR count). The molecular weight excluding hydrogens is 440 g/mol. The Labute approximate surface area is 184 Å². The van der Waals surface area contributed by atoms with Crippen LogP contribution in [0.2, 0.25) is 0 Å². The van der Waals surface area contributed by atoms with Gasteiger partial charge in [-0.05, 0) is 53.8 Å². The minimum atomic E-state index is 0.894. The van der Waals surface area contributed by atoms with Crippen LogP contribution in [-0.4, -0.2) is 4.57 Å². The minimum absolute atomic E-state index is 0.894. The van der Waals surface area contributed by atoms with E-state index < -0.39 is 0 Å². The summed E-state index contributed by atoms with van der Waals surface area (Å²) in [6, 6.07) is 27.7. The molecule has 0 aliphatic rings. The van der Waals surface area contributed by atoms with Crippen molar-refractivity contribution in [1.29, 1.82) is 0 Å². The van der Waals surface area contributed by atoms with Gasteiger partial charge in [0, 0.05) is 16.4 Å². The van der Waals surface area contributed by atoms with E-state index in [2.05, 4.69) is 112 Å². The number of thiazole rings is 1. The third-order valence-electron chi connectivity index (χ3n) is 4.97. The summed E-state index contributed by atoms with van der Waals surface area (Å²) in [5.74, 6) is 0. The number of hydrogen-bond donors (Lipinski definition) is 0. The number of benzene rings is 3. The maximum absolute atomic E-state index is 4.96. The molecule has 3 aromatic carbocycles. The number of nitrogens with zero attached hydrogens (tertiary/aromatic N) is 2. The molecule has 2 nitrogen and oxygen atoms in total. The summed E-state index contributed by atoms with van der Waals surface area (Å²) in [6.07, 6.45) is 2.02.